The molecule has 3 aromatic rings. The van der Waals surface area contributed by atoms with Crippen molar-refractivity contribution in [2.75, 3.05) is 25.9 Å². The molecule has 0 amide bonds. The van der Waals surface area contributed by atoms with Crippen molar-refractivity contribution in [3.8, 4) is 5.75 Å². The van der Waals surface area contributed by atoms with Crippen molar-refractivity contribution >= 4 is 34.4 Å². The largest absolute Gasteiger partial charge is 0.496 e. The Morgan fingerprint density at radius 2 is 1.95 bits per heavy atom. The lowest BCUT2D eigenvalue weighted by atomic mass is 9.85. The number of hydrogen-bond donors (Lipinski definition) is 2. The zero-order valence-electron chi connectivity index (χ0n) is 21.0. The van der Waals surface area contributed by atoms with Gasteiger partial charge in [-0.05, 0) is 45.5 Å². The highest BCUT2D eigenvalue weighted by Crippen LogP contribution is 2.44. The molecule has 1 unspecified atom stereocenters. The van der Waals surface area contributed by atoms with E-state index in [0.717, 1.165) is 46.1 Å². The van der Waals surface area contributed by atoms with E-state index in [1.165, 1.54) is 11.9 Å². The predicted octanol–water partition coefficient (Wildman–Crippen LogP) is 4.86. The zero-order valence-corrected chi connectivity index (χ0v) is 21.7. The molecule has 200 valence electrons. The van der Waals surface area contributed by atoms with Gasteiger partial charge in [-0.15, -0.1) is 0 Å². The topological polar surface area (TPSA) is 119 Å². The second-order valence-electron chi connectivity index (χ2n) is 8.62. The van der Waals surface area contributed by atoms with E-state index < -0.39 is 12.1 Å². The molecule has 0 aliphatic carbocycles. The van der Waals surface area contributed by atoms with Crippen molar-refractivity contribution in [2.45, 2.75) is 45.8 Å². The third-order valence-electron chi connectivity index (χ3n) is 6.19. The number of anilines is 1. The van der Waals surface area contributed by atoms with Crippen molar-refractivity contribution in [2.24, 2.45) is 0 Å². The van der Waals surface area contributed by atoms with E-state index in [9.17, 15) is 13.2 Å². The van der Waals surface area contributed by atoms with E-state index in [1.54, 1.807) is 7.11 Å². The number of methoxy groups -OCH3 is 1. The minimum atomic E-state index is -5.08. The Morgan fingerprint density at radius 3 is 2.49 bits per heavy atom. The van der Waals surface area contributed by atoms with Gasteiger partial charge in [0.15, 0.2) is 5.65 Å². The second kappa shape index (κ2) is 10.8. The molecule has 3 N–H and O–H groups in total. The van der Waals surface area contributed by atoms with Crippen molar-refractivity contribution in [1.29, 1.82) is 0 Å². The van der Waals surface area contributed by atoms with Gasteiger partial charge in [0.2, 0.25) is 0 Å². The van der Waals surface area contributed by atoms with Gasteiger partial charge in [-0.2, -0.15) is 18.3 Å². The standard InChI is InChI=1S/C22H27ClN6O.C2HF3O2/c1-6-7-28-9-15(10-28)18-12(2)17(23)8-16(20(18)30-5)14(4)29-22-19(13(3)27-29)21(24)25-11-26-22;3-2(4,5)1(6)7/h6-8,11,14-15H,9-10H2,1-5H3,(H2,24,25,26);(H,6,7). The number of hydrogen-bond acceptors (Lipinski definition) is 7. The predicted molar refractivity (Wildman–Crippen MR) is 134 cm³/mol. The van der Waals surface area contributed by atoms with Crippen LogP contribution in [0.25, 0.3) is 11.0 Å². The maximum Gasteiger partial charge on any atom is 0.490 e. The van der Waals surface area contributed by atoms with Crippen LogP contribution in [0.3, 0.4) is 0 Å². The average molecular weight is 541 g/mol. The van der Waals surface area contributed by atoms with Crippen LogP contribution in [0, 0.1) is 13.8 Å². The zero-order chi connectivity index (χ0) is 27.7. The molecule has 0 saturated carbocycles. The van der Waals surface area contributed by atoms with Crippen LogP contribution in [0.15, 0.2) is 24.7 Å². The normalized spacial score (nSPS) is 14.9. The van der Waals surface area contributed by atoms with E-state index in [0.29, 0.717) is 17.4 Å². The highest BCUT2D eigenvalue weighted by atomic mass is 35.5. The Kier molecular flexibility index (Phi) is 8.21. The van der Waals surface area contributed by atoms with E-state index in [2.05, 4.69) is 41.0 Å². The summed E-state index contributed by atoms with van der Waals surface area (Å²) < 4.78 is 39.6. The van der Waals surface area contributed by atoms with Crippen LogP contribution in [0.5, 0.6) is 5.75 Å². The summed E-state index contributed by atoms with van der Waals surface area (Å²) in [6.07, 6.45) is 0.566. The molecule has 0 bridgehead atoms. The van der Waals surface area contributed by atoms with Gasteiger partial charge in [0, 0.05) is 35.2 Å². The number of carboxylic acids is 1. The Balaban J connectivity index is 0.000000479. The summed E-state index contributed by atoms with van der Waals surface area (Å²) in [6, 6.07) is 1.84. The first-order chi connectivity index (χ1) is 17.3. The summed E-state index contributed by atoms with van der Waals surface area (Å²) in [6.45, 7) is 9.98. The molecule has 1 saturated heterocycles. The van der Waals surface area contributed by atoms with E-state index >= 15 is 0 Å². The third-order valence-corrected chi connectivity index (χ3v) is 6.58. The fourth-order valence-corrected chi connectivity index (χ4v) is 4.61. The van der Waals surface area contributed by atoms with Crippen LogP contribution in [0.1, 0.15) is 48.2 Å². The molecular formula is C24H28ClF3N6O3. The van der Waals surface area contributed by atoms with Crippen LogP contribution in [-0.2, 0) is 4.79 Å². The van der Waals surface area contributed by atoms with Crippen LogP contribution < -0.4 is 10.5 Å². The molecule has 4 rings (SSSR count). The van der Waals surface area contributed by atoms with Crippen LogP contribution in [-0.4, -0.2) is 62.1 Å². The van der Waals surface area contributed by atoms with Crippen LogP contribution in [0.2, 0.25) is 5.02 Å². The van der Waals surface area contributed by atoms with Gasteiger partial charge >= 0.3 is 12.1 Å². The Hall–Kier alpha value is -3.54. The van der Waals surface area contributed by atoms with Crippen LogP contribution in [0.4, 0.5) is 19.0 Å². The lowest BCUT2D eigenvalue weighted by Crippen LogP contribution is -2.41. The number of carbonyl (C=O) groups is 1. The highest BCUT2D eigenvalue weighted by Gasteiger charge is 2.38. The highest BCUT2D eigenvalue weighted by molar-refractivity contribution is 6.31. The minimum absolute atomic E-state index is 0.144. The van der Waals surface area contributed by atoms with Gasteiger partial charge in [-0.25, -0.2) is 19.4 Å². The molecule has 13 heteroatoms. The molecule has 9 nitrogen and oxygen atoms in total. The first-order valence-electron chi connectivity index (χ1n) is 11.3. The van der Waals surface area contributed by atoms with Gasteiger partial charge in [0.05, 0.1) is 24.2 Å². The average Bonchev–Trinajstić information content (AvgIpc) is 3.14. The smallest absolute Gasteiger partial charge is 0.490 e. The monoisotopic (exact) mass is 540 g/mol. The van der Waals surface area contributed by atoms with Crippen molar-refractivity contribution in [3.05, 3.63) is 52.1 Å². The molecule has 1 atom stereocenters. The number of rotatable bonds is 5. The Morgan fingerprint density at radius 1 is 1.32 bits per heavy atom. The summed E-state index contributed by atoms with van der Waals surface area (Å²) in [7, 11) is 1.72. The number of fused-ring (bicyclic) bond motifs is 1. The molecule has 1 fully saturated rings. The number of nitrogen functional groups attached to an aromatic ring is 1. The molecule has 2 aromatic heterocycles. The summed E-state index contributed by atoms with van der Waals surface area (Å²) in [4.78, 5) is 19.7. The molecule has 1 aliphatic rings. The SMILES string of the molecule is CC=CN1CC(c2c(C)c(Cl)cc(C(C)n3nc(C)c4c(N)ncnc43)c2OC)C1.O=C(O)C(F)(F)F. The van der Waals surface area contributed by atoms with Gasteiger partial charge in [0.25, 0.3) is 0 Å². The number of aromatic nitrogens is 4. The number of alkyl halides is 3. The van der Waals surface area contributed by atoms with Crippen molar-refractivity contribution < 1.29 is 27.8 Å². The Labute approximate surface area is 216 Å². The van der Waals surface area contributed by atoms with Crippen molar-refractivity contribution in [1.82, 2.24) is 24.6 Å². The summed E-state index contributed by atoms with van der Waals surface area (Å²) in [5.41, 5.74) is 10.8. The summed E-state index contributed by atoms with van der Waals surface area (Å²) in [5, 5.41) is 13.4. The number of benzene rings is 1. The first kappa shape index (κ1) is 28.0. The number of nitrogens with two attached hydrogens (primary N) is 1. The number of allylic oxidation sites excluding steroid dienone is 1. The van der Waals surface area contributed by atoms with Gasteiger partial charge in [-0.3, -0.25) is 0 Å². The number of ether oxygens (including phenoxy) is 1. The number of nitrogens with zero attached hydrogens (tertiary/aromatic N) is 5. The van der Waals surface area contributed by atoms with E-state index in [1.807, 2.05) is 24.6 Å². The van der Waals surface area contributed by atoms with Gasteiger partial charge < -0.3 is 20.5 Å². The first-order valence-corrected chi connectivity index (χ1v) is 11.7. The molecule has 0 radical (unpaired) electrons. The maximum atomic E-state index is 10.6. The molecule has 0 spiro atoms. The molecule has 3 heterocycles. The molecule has 1 aromatic carbocycles. The maximum absolute atomic E-state index is 10.6. The van der Waals surface area contributed by atoms with E-state index in [-0.39, 0.29) is 6.04 Å². The number of likely N-dealkylation sites (tertiary alicyclic amines) is 1. The molecule has 37 heavy (non-hydrogen) atoms. The fraction of sp³-hybridized carbons (Fsp3) is 0.417. The quantitative estimate of drug-likeness (QED) is 0.471. The summed E-state index contributed by atoms with van der Waals surface area (Å²) >= 11 is 6.69. The van der Waals surface area contributed by atoms with Crippen LogP contribution >= 0.6 is 11.6 Å². The number of aliphatic carboxylic acids is 1. The van der Waals surface area contributed by atoms with Gasteiger partial charge in [-0.1, -0.05) is 17.7 Å². The number of aryl methyl sites for hydroxylation is 1. The second-order valence-corrected chi connectivity index (χ2v) is 9.03. The Bertz CT molecular complexity index is 1340. The lowest BCUT2D eigenvalue weighted by Gasteiger charge is -2.40. The lowest BCUT2D eigenvalue weighted by molar-refractivity contribution is -0.192. The minimum Gasteiger partial charge on any atom is -0.496 e. The summed E-state index contributed by atoms with van der Waals surface area (Å²) in [5.74, 6) is -1.08. The van der Waals surface area contributed by atoms with Gasteiger partial charge in [0.1, 0.15) is 17.9 Å². The fourth-order valence-electron chi connectivity index (χ4n) is 4.39. The molecular weight excluding hydrogens is 513 g/mol. The number of carboxylic acid groups (broad SMARTS) is 1. The van der Waals surface area contributed by atoms with Crippen molar-refractivity contribution in [3.63, 3.8) is 0 Å². The molecule has 1 aliphatic heterocycles. The number of halogens is 4. The van der Waals surface area contributed by atoms with E-state index in [4.69, 9.17) is 37.1 Å². The third kappa shape index (κ3) is 5.58.